The molecule has 0 radical (unpaired) electrons. The van der Waals surface area contributed by atoms with E-state index in [0.29, 0.717) is 22.6 Å². The predicted octanol–water partition coefficient (Wildman–Crippen LogP) is 4.43. The molecule has 2 aromatic heterocycles. The molecule has 5 nitrogen and oxygen atoms in total. The summed E-state index contributed by atoms with van der Waals surface area (Å²) in [5, 5.41) is 1.87. The van der Waals surface area contributed by atoms with Gasteiger partial charge in [-0.15, -0.1) is 11.3 Å². The molecule has 0 aliphatic carbocycles. The number of hydrogen-bond acceptors (Lipinski definition) is 6. The Bertz CT molecular complexity index is 905. The van der Waals surface area contributed by atoms with Crippen molar-refractivity contribution in [2.45, 2.75) is 19.8 Å². The molecule has 1 atom stereocenters. The first-order valence-electron chi connectivity index (χ1n) is 7.67. The number of methoxy groups -OCH3 is 2. The second-order valence-electron chi connectivity index (χ2n) is 5.52. The Balaban J connectivity index is 1.98. The van der Waals surface area contributed by atoms with Crippen LogP contribution < -0.4 is 4.74 Å². The molecule has 0 aliphatic heterocycles. The molecule has 3 aromatic rings. The highest BCUT2D eigenvalue weighted by molar-refractivity contribution is 7.21. The van der Waals surface area contributed by atoms with Crippen molar-refractivity contribution in [1.82, 2.24) is 0 Å². The van der Waals surface area contributed by atoms with Gasteiger partial charge in [0.1, 0.15) is 0 Å². The summed E-state index contributed by atoms with van der Waals surface area (Å²) in [4.78, 5) is 24.9. The number of ketones is 1. The smallest absolute Gasteiger partial charge is 0.309 e. The molecule has 1 aromatic carbocycles. The van der Waals surface area contributed by atoms with Gasteiger partial charge in [-0.1, -0.05) is 6.92 Å². The summed E-state index contributed by atoms with van der Waals surface area (Å²) in [6.07, 6.45) is 2.33. The number of fused-ring (bicyclic) bond motifs is 3. The summed E-state index contributed by atoms with van der Waals surface area (Å²) in [5.41, 5.74) is 0.669. The lowest BCUT2D eigenvalue weighted by molar-refractivity contribution is -0.145. The fraction of sp³-hybridized carbons (Fsp3) is 0.333. The highest BCUT2D eigenvalue weighted by atomic mass is 32.1. The van der Waals surface area contributed by atoms with Crippen molar-refractivity contribution in [3.05, 3.63) is 29.3 Å². The molecule has 1 unspecified atom stereocenters. The first-order chi connectivity index (χ1) is 11.6. The number of Topliss-reactive ketones (excluding diaryl/α,β-unsaturated/α-hetero) is 1. The zero-order valence-corrected chi connectivity index (χ0v) is 14.6. The van der Waals surface area contributed by atoms with Crippen molar-refractivity contribution in [2.24, 2.45) is 5.92 Å². The Hall–Kier alpha value is -2.34. The maximum atomic E-state index is 12.6. The Morgan fingerprint density at radius 2 is 2.04 bits per heavy atom. The van der Waals surface area contributed by atoms with Crippen LogP contribution in [0.5, 0.6) is 5.75 Å². The molecule has 0 bridgehead atoms. The second kappa shape index (κ2) is 6.65. The number of thiophene rings is 1. The van der Waals surface area contributed by atoms with Crippen LogP contribution in [0.25, 0.3) is 21.1 Å². The number of rotatable bonds is 6. The monoisotopic (exact) mass is 346 g/mol. The van der Waals surface area contributed by atoms with Crippen molar-refractivity contribution in [2.75, 3.05) is 14.2 Å². The van der Waals surface area contributed by atoms with Gasteiger partial charge in [0.2, 0.25) is 0 Å². The lowest BCUT2D eigenvalue weighted by atomic mass is 9.99. The van der Waals surface area contributed by atoms with E-state index >= 15 is 0 Å². The van der Waals surface area contributed by atoms with Gasteiger partial charge in [0.25, 0.3) is 0 Å². The molecule has 126 valence electrons. The van der Waals surface area contributed by atoms with Crippen molar-refractivity contribution in [1.29, 1.82) is 0 Å². The van der Waals surface area contributed by atoms with Crippen LogP contribution in [0.1, 0.15) is 29.4 Å². The van der Waals surface area contributed by atoms with E-state index in [1.165, 1.54) is 18.4 Å². The first-order valence-corrected chi connectivity index (χ1v) is 8.49. The number of esters is 1. The Labute approximate surface area is 143 Å². The number of furan rings is 1. The van der Waals surface area contributed by atoms with Crippen LogP contribution in [-0.4, -0.2) is 26.0 Å². The summed E-state index contributed by atoms with van der Waals surface area (Å²) >= 11 is 1.40. The van der Waals surface area contributed by atoms with E-state index in [1.807, 2.05) is 25.1 Å². The number of carbonyl (C=O) groups is 2. The molecule has 0 saturated carbocycles. The van der Waals surface area contributed by atoms with E-state index in [0.717, 1.165) is 15.5 Å². The maximum absolute atomic E-state index is 12.6. The third-order valence-electron chi connectivity index (χ3n) is 4.16. The molecule has 3 rings (SSSR count). The van der Waals surface area contributed by atoms with E-state index in [2.05, 4.69) is 0 Å². The van der Waals surface area contributed by atoms with E-state index < -0.39 is 5.92 Å². The minimum absolute atomic E-state index is 0.0518. The highest BCUT2D eigenvalue weighted by Gasteiger charge is 2.23. The fourth-order valence-electron chi connectivity index (χ4n) is 2.79. The van der Waals surface area contributed by atoms with Gasteiger partial charge in [0, 0.05) is 28.0 Å². The van der Waals surface area contributed by atoms with Crippen LogP contribution >= 0.6 is 11.3 Å². The topological polar surface area (TPSA) is 65.7 Å². The van der Waals surface area contributed by atoms with Gasteiger partial charge < -0.3 is 13.9 Å². The van der Waals surface area contributed by atoms with E-state index in [1.54, 1.807) is 13.4 Å². The molecule has 24 heavy (non-hydrogen) atoms. The van der Waals surface area contributed by atoms with Gasteiger partial charge in [-0.25, -0.2) is 0 Å². The molecule has 2 heterocycles. The summed E-state index contributed by atoms with van der Waals surface area (Å²) in [7, 11) is 2.93. The molecule has 6 heteroatoms. The van der Waals surface area contributed by atoms with Crippen LogP contribution in [0.2, 0.25) is 0 Å². The molecular formula is C18H18O5S. The van der Waals surface area contributed by atoms with Crippen LogP contribution in [-0.2, 0) is 9.53 Å². The standard InChI is InChI=1S/C18H18O5S/c1-4-10(18(20)22-3)7-13(19)16-8-12-11-5-6-23-17(11)14(21-2)9-15(12)24-16/h5-6,8-10H,4,7H2,1-3H3. The average Bonchev–Trinajstić information content (AvgIpc) is 3.23. The average molecular weight is 346 g/mol. The predicted molar refractivity (Wildman–Crippen MR) is 92.9 cm³/mol. The fourth-order valence-corrected chi connectivity index (χ4v) is 3.85. The Morgan fingerprint density at radius 1 is 1.25 bits per heavy atom. The first kappa shape index (κ1) is 16.5. The number of carbonyl (C=O) groups excluding carboxylic acids is 2. The normalized spacial score (nSPS) is 12.5. The van der Waals surface area contributed by atoms with Gasteiger partial charge >= 0.3 is 5.97 Å². The van der Waals surface area contributed by atoms with Crippen LogP contribution in [0.4, 0.5) is 0 Å². The quantitative estimate of drug-likeness (QED) is 0.488. The molecule has 0 saturated heterocycles. The third-order valence-corrected chi connectivity index (χ3v) is 5.28. The van der Waals surface area contributed by atoms with Crippen LogP contribution in [0, 0.1) is 5.92 Å². The number of hydrogen-bond donors (Lipinski definition) is 0. The van der Waals surface area contributed by atoms with Crippen molar-refractivity contribution in [3.63, 3.8) is 0 Å². The zero-order chi connectivity index (χ0) is 17.3. The van der Waals surface area contributed by atoms with Crippen molar-refractivity contribution >= 4 is 44.1 Å². The van der Waals surface area contributed by atoms with Gasteiger partial charge in [-0.3, -0.25) is 9.59 Å². The van der Waals surface area contributed by atoms with Crippen molar-refractivity contribution < 1.29 is 23.5 Å². The second-order valence-corrected chi connectivity index (χ2v) is 6.60. The number of ether oxygens (including phenoxy) is 2. The Morgan fingerprint density at radius 3 is 2.71 bits per heavy atom. The minimum atomic E-state index is -0.406. The lowest BCUT2D eigenvalue weighted by Gasteiger charge is -2.10. The maximum Gasteiger partial charge on any atom is 0.309 e. The third kappa shape index (κ3) is 2.78. The molecular weight excluding hydrogens is 328 g/mol. The highest BCUT2D eigenvalue weighted by Crippen LogP contribution is 2.38. The molecule has 0 aliphatic rings. The van der Waals surface area contributed by atoms with Gasteiger partial charge in [0.15, 0.2) is 17.1 Å². The summed E-state index contributed by atoms with van der Waals surface area (Å²) in [6.45, 7) is 1.87. The molecule has 0 N–H and O–H groups in total. The van der Waals surface area contributed by atoms with Gasteiger partial charge in [-0.2, -0.15) is 0 Å². The summed E-state index contributed by atoms with van der Waals surface area (Å²) in [5.74, 6) is -0.157. The number of benzene rings is 1. The molecule has 0 spiro atoms. The van der Waals surface area contributed by atoms with E-state index in [-0.39, 0.29) is 18.2 Å². The van der Waals surface area contributed by atoms with Crippen LogP contribution in [0.15, 0.2) is 28.9 Å². The van der Waals surface area contributed by atoms with Gasteiger partial charge in [0.05, 0.1) is 31.3 Å². The largest absolute Gasteiger partial charge is 0.493 e. The van der Waals surface area contributed by atoms with E-state index in [4.69, 9.17) is 13.9 Å². The Kier molecular flexibility index (Phi) is 4.57. The van der Waals surface area contributed by atoms with Crippen LogP contribution in [0.3, 0.4) is 0 Å². The summed E-state index contributed by atoms with van der Waals surface area (Å²) in [6, 6.07) is 5.61. The molecule has 0 fully saturated rings. The van der Waals surface area contributed by atoms with Crippen molar-refractivity contribution in [3.8, 4) is 5.75 Å². The summed E-state index contributed by atoms with van der Waals surface area (Å²) < 4.78 is 16.6. The minimum Gasteiger partial charge on any atom is -0.493 e. The zero-order valence-electron chi connectivity index (χ0n) is 13.8. The van der Waals surface area contributed by atoms with Gasteiger partial charge in [-0.05, 0) is 18.6 Å². The lowest BCUT2D eigenvalue weighted by Crippen LogP contribution is -2.18. The molecule has 0 amide bonds. The van der Waals surface area contributed by atoms with E-state index in [9.17, 15) is 9.59 Å². The SMILES string of the molecule is CCC(CC(=O)c1cc2c(cc(OC)c3occc32)s1)C(=O)OC.